The molecule has 0 amide bonds. The molecule has 0 atom stereocenters. The molecule has 1 fully saturated rings. The maximum Gasteiger partial charge on any atom is 0.335 e. The summed E-state index contributed by atoms with van der Waals surface area (Å²) in [6.45, 7) is 2.43. The highest BCUT2D eigenvalue weighted by Gasteiger charge is 2.18. The zero-order valence-electron chi connectivity index (χ0n) is 10.6. The summed E-state index contributed by atoms with van der Waals surface area (Å²) in [5.41, 5.74) is 1.40. The number of carboxylic acids is 1. The summed E-state index contributed by atoms with van der Waals surface area (Å²) in [7, 11) is 2.09. The van der Waals surface area contributed by atoms with Crippen LogP contribution in [-0.4, -0.2) is 42.3 Å². The molecule has 0 radical (unpaired) electrons. The molecule has 0 unspecified atom stereocenters. The van der Waals surface area contributed by atoms with Gasteiger partial charge in [-0.3, -0.25) is 4.90 Å². The van der Waals surface area contributed by atoms with Crippen molar-refractivity contribution in [2.24, 2.45) is 0 Å². The van der Waals surface area contributed by atoms with E-state index in [1.54, 1.807) is 18.2 Å². The molecule has 18 heavy (non-hydrogen) atoms. The highest BCUT2D eigenvalue weighted by atomic mass is 16.5. The minimum absolute atomic E-state index is 0.355. The van der Waals surface area contributed by atoms with Gasteiger partial charge < -0.3 is 9.84 Å². The van der Waals surface area contributed by atoms with Gasteiger partial charge in [0.05, 0.1) is 5.56 Å². The van der Waals surface area contributed by atoms with Crippen molar-refractivity contribution in [3.05, 3.63) is 35.4 Å². The minimum atomic E-state index is -0.870. The smallest absolute Gasteiger partial charge is 0.335 e. The van der Waals surface area contributed by atoms with E-state index >= 15 is 0 Å². The summed E-state index contributed by atoms with van der Waals surface area (Å²) in [6, 6.07) is 7.68. The minimum Gasteiger partial charge on any atom is -0.478 e. The molecule has 1 N–H and O–H groups in total. The van der Waals surface area contributed by atoms with Crippen LogP contribution >= 0.6 is 0 Å². The van der Waals surface area contributed by atoms with Gasteiger partial charge in [0.2, 0.25) is 0 Å². The summed E-state index contributed by atoms with van der Waals surface area (Å²) >= 11 is 0. The number of aromatic carboxylic acids is 1. The largest absolute Gasteiger partial charge is 0.478 e. The van der Waals surface area contributed by atoms with Gasteiger partial charge in [-0.25, -0.2) is 4.79 Å². The van der Waals surface area contributed by atoms with Crippen molar-refractivity contribution in [2.75, 3.05) is 20.3 Å². The van der Waals surface area contributed by atoms with Gasteiger partial charge in [0.15, 0.2) is 0 Å². The monoisotopic (exact) mass is 249 g/mol. The van der Waals surface area contributed by atoms with E-state index in [1.807, 2.05) is 6.07 Å². The summed E-state index contributed by atoms with van der Waals surface area (Å²) in [5, 5.41) is 8.96. The number of rotatable bonds is 4. The Morgan fingerprint density at radius 2 is 2.17 bits per heavy atom. The van der Waals surface area contributed by atoms with E-state index in [0.717, 1.165) is 38.2 Å². The average Bonchev–Trinajstić information content (AvgIpc) is 2.40. The van der Waals surface area contributed by atoms with Crippen molar-refractivity contribution in [1.82, 2.24) is 4.90 Å². The molecule has 98 valence electrons. The first-order valence-electron chi connectivity index (χ1n) is 6.27. The van der Waals surface area contributed by atoms with E-state index in [4.69, 9.17) is 9.84 Å². The zero-order valence-corrected chi connectivity index (χ0v) is 10.6. The number of hydrogen-bond donors (Lipinski definition) is 1. The summed E-state index contributed by atoms with van der Waals surface area (Å²) < 4.78 is 5.35. The first kappa shape index (κ1) is 13.1. The van der Waals surface area contributed by atoms with E-state index < -0.39 is 5.97 Å². The van der Waals surface area contributed by atoms with Gasteiger partial charge in [-0.05, 0) is 37.6 Å². The molecular formula is C14H19NO3. The van der Waals surface area contributed by atoms with Gasteiger partial charge in [0.25, 0.3) is 0 Å². The third kappa shape index (κ3) is 3.31. The Kier molecular flexibility index (Phi) is 4.33. The van der Waals surface area contributed by atoms with E-state index in [-0.39, 0.29) is 0 Å². The Balaban J connectivity index is 1.99. The molecule has 1 aliphatic rings. The normalized spacial score (nSPS) is 17.0. The van der Waals surface area contributed by atoms with Crippen LogP contribution in [0.5, 0.6) is 0 Å². The number of ether oxygens (including phenoxy) is 1. The Bertz CT molecular complexity index is 413. The van der Waals surface area contributed by atoms with Crippen LogP contribution in [-0.2, 0) is 11.3 Å². The Hall–Kier alpha value is -1.39. The molecule has 0 spiro atoms. The van der Waals surface area contributed by atoms with Gasteiger partial charge in [-0.2, -0.15) is 0 Å². The van der Waals surface area contributed by atoms with Crippen LogP contribution in [0.1, 0.15) is 28.8 Å². The van der Waals surface area contributed by atoms with Gasteiger partial charge in [-0.1, -0.05) is 12.1 Å². The van der Waals surface area contributed by atoms with Crippen LogP contribution in [0.25, 0.3) is 0 Å². The fourth-order valence-corrected chi connectivity index (χ4v) is 2.35. The molecule has 1 aromatic rings. The number of carboxylic acid groups (broad SMARTS) is 1. The quantitative estimate of drug-likeness (QED) is 0.886. The second-order valence-electron chi connectivity index (χ2n) is 4.76. The lowest BCUT2D eigenvalue weighted by Crippen LogP contribution is -2.36. The van der Waals surface area contributed by atoms with E-state index in [2.05, 4.69) is 11.9 Å². The first-order valence-corrected chi connectivity index (χ1v) is 6.27. The number of nitrogens with zero attached hydrogens (tertiary/aromatic N) is 1. The van der Waals surface area contributed by atoms with Crippen molar-refractivity contribution in [3.8, 4) is 0 Å². The zero-order chi connectivity index (χ0) is 13.0. The van der Waals surface area contributed by atoms with Crippen LogP contribution in [0.3, 0.4) is 0 Å². The van der Waals surface area contributed by atoms with Gasteiger partial charge >= 0.3 is 5.97 Å². The van der Waals surface area contributed by atoms with Crippen LogP contribution in [0.2, 0.25) is 0 Å². The SMILES string of the molecule is CN(Cc1cccc(C(=O)O)c1)C1CCOCC1. The van der Waals surface area contributed by atoms with E-state index in [1.165, 1.54) is 0 Å². The molecule has 0 aliphatic carbocycles. The van der Waals surface area contributed by atoms with Crippen molar-refractivity contribution < 1.29 is 14.6 Å². The maximum absolute atomic E-state index is 10.9. The van der Waals surface area contributed by atoms with Crippen molar-refractivity contribution in [3.63, 3.8) is 0 Å². The summed E-state index contributed by atoms with van der Waals surface area (Å²) in [5.74, 6) is -0.870. The lowest BCUT2D eigenvalue weighted by molar-refractivity contribution is 0.0407. The Morgan fingerprint density at radius 3 is 2.83 bits per heavy atom. The van der Waals surface area contributed by atoms with Gasteiger partial charge in [-0.15, -0.1) is 0 Å². The lowest BCUT2D eigenvalue weighted by Gasteiger charge is -2.31. The van der Waals surface area contributed by atoms with E-state index in [0.29, 0.717) is 11.6 Å². The molecule has 0 aromatic heterocycles. The molecule has 1 heterocycles. The third-order valence-electron chi connectivity index (χ3n) is 3.42. The maximum atomic E-state index is 10.9. The second-order valence-corrected chi connectivity index (χ2v) is 4.76. The van der Waals surface area contributed by atoms with Crippen LogP contribution in [0, 0.1) is 0 Å². The molecule has 0 bridgehead atoms. The van der Waals surface area contributed by atoms with Crippen LogP contribution in [0.15, 0.2) is 24.3 Å². The highest BCUT2D eigenvalue weighted by Crippen LogP contribution is 2.16. The molecule has 1 saturated heterocycles. The fraction of sp³-hybridized carbons (Fsp3) is 0.500. The lowest BCUT2D eigenvalue weighted by atomic mass is 10.1. The van der Waals surface area contributed by atoms with Crippen molar-refractivity contribution >= 4 is 5.97 Å². The fourth-order valence-electron chi connectivity index (χ4n) is 2.35. The topological polar surface area (TPSA) is 49.8 Å². The number of benzene rings is 1. The predicted molar refractivity (Wildman–Crippen MR) is 68.7 cm³/mol. The summed E-state index contributed by atoms with van der Waals surface area (Å²) in [4.78, 5) is 13.2. The molecule has 4 heteroatoms. The van der Waals surface area contributed by atoms with Gasteiger partial charge in [0.1, 0.15) is 0 Å². The Morgan fingerprint density at radius 1 is 1.44 bits per heavy atom. The molecule has 1 aliphatic heterocycles. The van der Waals surface area contributed by atoms with Crippen molar-refractivity contribution in [1.29, 1.82) is 0 Å². The van der Waals surface area contributed by atoms with E-state index in [9.17, 15) is 4.79 Å². The van der Waals surface area contributed by atoms with Crippen LogP contribution < -0.4 is 0 Å². The highest BCUT2D eigenvalue weighted by molar-refractivity contribution is 5.87. The molecule has 1 aromatic carbocycles. The first-order chi connectivity index (χ1) is 8.66. The molecule has 0 saturated carbocycles. The number of hydrogen-bond acceptors (Lipinski definition) is 3. The molecule has 2 rings (SSSR count). The summed E-state index contributed by atoms with van der Waals surface area (Å²) in [6.07, 6.45) is 2.10. The standard InChI is InChI=1S/C14H19NO3/c1-15(13-5-7-18-8-6-13)10-11-3-2-4-12(9-11)14(16)17/h2-4,9,13H,5-8,10H2,1H3,(H,16,17). The third-order valence-corrected chi connectivity index (χ3v) is 3.42. The van der Waals surface area contributed by atoms with Crippen LogP contribution in [0.4, 0.5) is 0 Å². The van der Waals surface area contributed by atoms with Crippen molar-refractivity contribution in [2.45, 2.75) is 25.4 Å². The second kappa shape index (κ2) is 5.98. The average molecular weight is 249 g/mol. The van der Waals surface area contributed by atoms with Gasteiger partial charge in [0, 0.05) is 25.8 Å². The molecular weight excluding hydrogens is 230 g/mol. The predicted octanol–water partition coefficient (Wildman–Crippen LogP) is 2.00. The number of carbonyl (C=O) groups is 1. The Labute approximate surface area is 107 Å². The molecule has 4 nitrogen and oxygen atoms in total.